The first-order valence-electron chi connectivity index (χ1n) is 3.56. The van der Waals surface area contributed by atoms with Crippen LogP contribution in [0, 0.1) is 4.20 Å². The molecule has 0 nitrogen and oxygen atoms in total. The van der Waals surface area contributed by atoms with Crippen molar-refractivity contribution in [3.63, 3.8) is 0 Å². The van der Waals surface area contributed by atoms with Crippen LogP contribution in [0.1, 0.15) is 11.1 Å². The van der Waals surface area contributed by atoms with Crippen LogP contribution >= 0.6 is 39.9 Å². The molecule has 0 bridgehead atoms. The second kappa shape index (κ2) is 5.05. The normalized spacial score (nSPS) is 12.4. The van der Waals surface area contributed by atoms with Crippen LogP contribution in [0.4, 0.5) is 13.2 Å². The molecule has 0 radical (unpaired) electrons. The number of hydrogen-bond donors (Lipinski definition) is 0. The first kappa shape index (κ1) is 14.0. The van der Waals surface area contributed by atoms with Crippen molar-refractivity contribution >= 4 is 39.9 Å². The van der Waals surface area contributed by atoms with Gasteiger partial charge in [0.05, 0.1) is 0 Å². The molecule has 0 fully saturated rings. The van der Waals surface area contributed by atoms with Gasteiger partial charge in [-0.2, -0.15) is 0 Å². The second-order valence-corrected chi connectivity index (χ2v) is 37.7. The molecule has 0 atom stereocenters. The van der Waals surface area contributed by atoms with E-state index in [4.69, 9.17) is 0 Å². The fourth-order valence-electron chi connectivity index (χ4n) is 0.861. The molecule has 0 heterocycles. The van der Waals surface area contributed by atoms with E-state index in [0.717, 1.165) is 12.1 Å². The molecule has 0 unspecified atom stereocenters. The summed E-state index contributed by atoms with van der Waals surface area (Å²) in [7, 11) is -2.55. The number of rotatable bonds is 0. The summed E-state index contributed by atoms with van der Waals surface area (Å²) in [6, 6.07) is 4.88. The van der Waals surface area contributed by atoms with Gasteiger partial charge in [-0.15, -0.1) is 0 Å². The van der Waals surface area contributed by atoms with Gasteiger partial charge in [0.15, 0.2) is 0 Å². The molecule has 0 aliphatic carbocycles. The van der Waals surface area contributed by atoms with Crippen LogP contribution in [0.2, 0.25) is 0 Å². The van der Waals surface area contributed by atoms with Gasteiger partial charge in [0.1, 0.15) is 0 Å². The van der Waals surface area contributed by atoms with Gasteiger partial charge in [-0.25, -0.2) is 0 Å². The van der Waals surface area contributed by atoms with Gasteiger partial charge in [0.2, 0.25) is 0 Å². The van der Waals surface area contributed by atoms with Gasteiger partial charge in [-0.1, -0.05) is 0 Å². The number of halogens is 6. The predicted molar refractivity (Wildman–Crippen MR) is 61.2 cm³/mol. The summed E-state index contributed by atoms with van der Waals surface area (Å²) in [6.45, 7) is 0. The molecule has 1 rings (SSSR count). The van der Waals surface area contributed by atoms with Crippen LogP contribution in [-0.2, 0) is 15.4 Å². The van der Waals surface area contributed by atoms with Crippen LogP contribution in [-0.4, -0.2) is 0 Å². The third-order valence-corrected chi connectivity index (χ3v) is 5.47. The zero-order valence-corrected chi connectivity index (χ0v) is 13.8. The Morgan fingerprint density at radius 3 is 1.80 bits per heavy atom. The summed E-state index contributed by atoms with van der Waals surface area (Å²) < 4.78 is 39.7. The summed E-state index contributed by atoms with van der Waals surface area (Å²) >= 11 is 10.1. The Labute approximate surface area is 107 Å². The standard InChI is InChI=1S/C8H4F3.3BrH.Mo/c1-6-2-4-7(5-3-6)8(9,10)11;;;;/h2-5H;3*1H;/q;;;;+3/p-3. The van der Waals surface area contributed by atoms with Crippen LogP contribution in [0.3, 0.4) is 0 Å². The average molecular weight is 493 g/mol. The Bertz CT molecular complexity index is 444. The third kappa shape index (κ3) is 5.18. The number of hydrogen-bond acceptors (Lipinski definition) is 0. The van der Waals surface area contributed by atoms with Gasteiger partial charge in [-0.05, 0) is 0 Å². The maximum absolute atomic E-state index is 12.2. The molecular weight excluding hydrogens is 489 g/mol. The van der Waals surface area contributed by atoms with E-state index in [1.165, 1.54) is 12.1 Å². The summed E-state index contributed by atoms with van der Waals surface area (Å²) in [5, 5.41) is 0. The predicted octanol–water partition coefficient (Wildman–Crippen LogP) is 5.10. The zero-order valence-electron chi connectivity index (χ0n) is 6.99. The molecule has 84 valence electrons. The monoisotopic (exact) mass is 492 g/mol. The average Bonchev–Trinajstić information content (AvgIpc) is 2.00. The Morgan fingerprint density at radius 1 is 1.00 bits per heavy atom. The van der Waals surface area contributed by atoms with E-state index in [0.29, 0.717) is 5.56 Å². The molecule has 0 aliphatic heterocycles. The molecule has 0 amide bonds. The Morgan fingerprint density at radius 2 is 1.47 bits per heavy atom. The van der Waals surface area contributed by atoms with Crippen molar-refractivity contribution in [2.45, 2.75) is 6.18 Å². The summed E-state index contributed by atoms with van der Waals surface area (Å²) in [6.07, 6.45) is -4.28. The molecule has 0 aliphatic rings. The first-order chi connectivity index (χ1) is 6.68. The van der Waals surface area contributed by atoms with E-state index >= 15 is 0 Å². The molecule has 7 heteroatoms. The van der Waals surface area contributed by atoms with Gasteiger partial charge in [0.25, 0.3) is 0 Å². The van der Waals surface area contributed by atoms with Gasteiger partial charge < -0.3 is 0 Å². The maximum atomic E-state index is 12.2. The summed E-state index contributed by atoms with van der Waals surface area (Å²) in [5.41, 5.74) is -0.0139. The van der Waals surface area contributed by atoms with Crippen molar-refractivity contribution in [1.29, 1.82) is 0 Å². The van der Waals surface area contributed by atoms with Crippen molar-refractivity contribution in [3.05, 3.63) is 35.4 Å². The van der Waals surface area contributed by atoms with E-state index in [9.17, 15) is 13.2 Å². The fraction of sp³-hybridized carbons (Fsp3) is 0.125. The fourth-order valence-corrected chi connectivity index (χ4v) is 5.17. The van der Waals surface area contributed by atoms with Gasteiger partial charge in [-0.3, -0.25) is 0 Å². The number of benzene rings is 1. The van der Waals surface area contributed by atoms with E-state index in [2.05, 4.69) is 44.1 Å². The molecule has 1 aromatic rings. The van der Waals surface area contributed by atoms with E-state index < -0.39 is 21.0 Å². The van der Waals surface area contributed by atoms with Gasteiger partial charge in [0, 0.05) is 0 Å². The van der Waals surface area contributed by atoms with Crippen molar-refractivity contribution in [1.82, 2.24) is 0 Å². The van der Waals surface area contributed by atoms with Gasteiger partial charge >= 0.3 is 108 Å². The minimum atomic E-state index is -4.28. The van der Waals surface area contributed by atoms with E-state index in [1.807, 2.05) is 0 Å². The molecule has 0 spiro atoms. The van der Waals surface area contributed by atoms with Crippen molar-refractivity contribution in [2.75, 3.05) is 0 Å². The Kier molecular flexibility index (Phi) is 4.71. The first-order valence-corrected chi connectivity index (χ1v) is 18.3. The van der Waals surface area contributed by atoms with E-state index in [-0.39, 0.29) is 0 Å². The molecule has 0 aromatic heterocycles. The van der Waals surface area contributed by atoms with E-state index in [1.54, 1.807) is 0 Å². The quantitative estimate of drug-likeness (QED) is 0.442. The SMILES string of the molecule is FC(F)(F)c1ccc([C]#[Mo]([Br])([Br])[Br])cc1. The molecule has 0 saturated carbocycles. The van der Waals surface area contributed by atoms with Crippen molar-refractivity contribution in [2.24, 2.45) is 0 Å². The summed E-state index contributed by atoms with van der Waals surface area (Å²) in [5.74, 6) is 0. The van der Waals surface area contributed by atoms with Crippen LogP contribution in [0.15, 0.2) is 24.3 Å². The topological polar surface area (TPSA) is 0 Å². The molecule has 0 saturated heterocycles. The van der Waals surface area contributed by atoms with Crippen LogP contribution < -0.4 is 0 Å². The Balaban J connectivity index is 3.09. The second-order valence-electron chi connectivity index (χ2n) is 2.58. The number of alkyl halides is 3. The van der Waals surface area contributed by atoms with Crippen molar-refractivity contribution in [3.8, 4) is 4.20 Å². The third-order valence-electron chi connectivity index (χ3n) is 1.45. The minimum absolute atomic E-state index is 0.634. The Hall–Kier alpha value is 0.918. The summed E-state index contributed by atoms with van der Waals surface area (Å²) in [4.78, 5) is 0. The van der Waals surface area contributed by atoms with Crippen LogP contribution in [0.25, 0.3) is 0 Å². The van der Waals surface area contributed by atoms with Crippen molar-refractivity contribution < 1.29 is 22.4 Å². The molecule has 1 aromatic carbocycles. The molecule has 0 N–H and O–H groups in total. The van der Waals surface area contributed by atoms with Crippen LogP contribution in [0.5, 0.6) is 0 Å². The molecular formula is C8H4Br3F3Mo. The zero-order chi connectivity index (χ0) is 11.7. The molecule has 15 heavy (non-hydrogen) atoms.